The number of carbonyl (C=O) groups is 2. The molecule has 7 heteroatoms. The van der Waals surface area contributed by atoms with Gasteiger partial charge in [-0.3, -0.25) is 9.59 Å². The molecule has 0 radical (unpaired) electrons. The van der Waals surface area contributed by atoms with Gasteiger partial charge in [-0.2, -0.15) is 0 Å². The van der Waals surface area contributed by atoms with Gasteiger partial charge in [-0.1, -0.05) is 11.6 Å². The van der Waals surface area contributed by atoms with Gasteiger partial charge in [-0.05, 0) is 42.8 Å². The number of carbonyl (C=O) groups excluding carboxylic acids is 2. The number of hydrogen-bond acceptors (Lipinski definition) is 2. The molecule has 0 aliphatic heterocycles. The van der Waals surface area contributed by atoms with E-state index in [1.165, 1.54) is 0 Å². The maximum Gasteiger partial charge on any atom is 0.254 e. The van der Waals surface area contributed by atoms with Gasteiger partial charge in [0.15, 0.2) is 0 Å². The molecule has 2 aromatic rings. The van der Waals surface area contributed by atoms with Gasteiger partial charge in [0.25, 0.3) is 5.91 Å². The lowest BCUT2D eigenvalue weighted by atomic mass is 10.2. The summed E-state index contributed by atoms with van der Waals surface area (Å²) < 4.78 is 26.2. The second-order valence-corrected chi connectivity index (χ2v) is 5.25. The smallest absolute Gasteiger partial charge is 0.254 e. The summed E-state index contributed by atoms with van der Waals surface area (Å²) in [5, 5.41) is 5.41. The highest BCUT2D eigenvalue weighted by Gasteiger charge is 2.13. The van der Waals surface area contributed by atoms with Crippen molar-refractivity contribution in [3.05, 3.63) is 64.2 Å². The number of anilines is 1. The molecule has 0 spiro atoms. The summed E-state index contributed by atoms with van der Waals surface area (Å²) >= 11 is 5.82. The van der Waals surface area contributed by atoms with Crippen LogP contribution in [0.3, 0.4) is 0 Å². The molecule has 0 aromatic heterocycles. The summed E-state index contributed by atoms with van der Waals surface area (Å²) in [6, 6.07) is 7.53. The number of rotatable bonds is 4. The van der Waals surface area contributed by atoms with Crippen LogP contribution in [0.2, 0.25) is 5.02 Å². The first-order valence-electron chi connectivity index (χ1n) is 6.66. The number of hydrogen-bond donors (Lipinski definition) is 2. The van der Waals surface area contributed by atoms with E-state index in [0.29, 0.717) is 16.8 Å². The Hall–Kier alpha value is -2.47. The largest absolute Gasteiger partial charge is 0.343 e. The average molecular weight is 339 g/mol. The maximum atomic E-state index is 13.4. The number of aryl methyl sites for hydroxylation is 1. The van der Waals surface area contributed by atoms with E-state index in [4.69, 9.17) is 11.6 Å². The van der Waals surface area contributed by atoms with Gasteiger partial charge in [0.2, 0.25) is 5.91 Å². The lowest BCUT2D eigenvalue weighted by Gasteiger charge is -2.10. The molecule has 2 amide bonds. The van der Waals surface area contributed by atoms with E-state index < -0.39 is 23.4 Å². The summed E-state index contributed by atoms with van der Waals surface area (Å²) in [7, 11) is 0. The zero-order chi connectivity index (χ0) is 17.0. The topological polar surface area (TPSA) is 58.2 Å². The van der Waals surface area contributed by atoms with Crippen LogP contribution in [0.15, 0.2) is 36.4 Å². The van der Waals surface area contributed by atoms with Crippen molar-refractivity contribution in [3.63, 3.8) is 0 Å². The molecule has 2 rings (SSSR count). The van der Waals surface area contributed by atoms with E-state index in [1.807, 2.05) is 0 Å². The summed E-state index contributed by atoms with van der Waals surface area (Å²) in [5.41, 5.74) is 0.991. The van der Waals surface area contributed by atoms with Crippen molar-refractivity contribution >= 4 is 29.1 Å². The van der Waals surface area contributed by atoms with Crippen LogP contribution < -0.4 is 10.6 Å². The van der Waals surface area contributed by atoms with Crippen LogP contribution in [0.4, 0.5) is 14.5 Å². The van der Waals surface area contributed by atoms with E-state index >= 15 is 0 Å². The maximum absolute atomic E-state index is 13.4. The average Bonchev–Trinajstić information content (AvgIpc) is 2.48. The van der Waals surface area contributed by atoms with Crippen molar-refractivity contribution < 1.29 is 18.4 Å². The molecule has 0 aliphatic carbocycles. The molecule has 2 aromatic carbocycles. The van der Waals surface area contributed by atoms with Gasteiger partial charge < -0.3 is 10.6 Å². The molecule has 0 heterocycles. The molecule has 4 nitrogen and oxygen atoms in total. The fourth-order valence-corrected chi connectivity index (χ4v) is 2.12. The van der Waals surface area contributed by atoms with E-state index in [0.717, 1.165) is 17.7 Å². The second kappa shape index (κ2) is 7.19. The molecule has 0 saturated heterocycles. The van der Waals surface area contributed by atoms with Crippen LogP contribution in [0.5, 0.6) is 0 Å². The van der Waals surface area contributed by atoms with Gasteiger partial charge in [-0.25, -0.2) is 8.78 Å². The molecular weight excluding hydrogens is 326 g/mol. The molecule has 23 heavy (non-hydrogen) atoms. The predicted octanol–water partition coefficient (Wildman–Crippen LogP) is 3.30. The van der Waals surface area contributed by atoms with Gasteiger partial charge in [0.05, 0.1) is 12.1 Å². The third-order valence-electron chi connectivity index (χ3n) is 3.05. The second-order valence-electron chi connectivity index (χ2n) is 4.81. The van der Waals surface area contributed by atoms with E-state index in [2.05, 4.69) is 10.6 Å². The Balaban J connectivity index is 1.94. The molecule has 2 N–H and O–H groups in total. The molecule has 0 saturated carbocycles. The number of amides is 2. The Morgan fingerprint density at radius 1 is 1.13 bits per heavy atom. The van der Waals surface area contributed by atoms with Crippen LogP contribution in [-0.2, 0) is 4.79 Å². The number of halogens is 3. The SMILES string of the molecule is Cc1cc(Cl)ccc1NC(=O)CNC(=O)c1ccc(F)cc1F. The van der Waals surface area contributed by atoms with E-state index in [-0.39, 0.29) is 12.1 Å². The van der Waals surface area contributed by atoms with Crippen LogP contribution in [-0.4, -0.2) is 18.4 Å². The molecule has 0 atom stereocenters. The number of benzene rings is 2. The van der Waals surface area contributed by atoms with Crippen molar-refractivity contribution in [1.29, 1.82) is 0 Å². The molecule has 0 bridgehead atoms. The van der Waals surface area contributed by atoms with Crippen LogP contribution in [0, 0.1) is 18.6 Å². The van der Waals surface area contributed by atoms with Crippen molar-refractivity contribution in [2.24, 2.45) is 0 Å². The van der Waals surface area contributed by atoms with Crippen LogP contribution >= 0.6 is 11.6 Å². The molecule has 0 fully saturated rings. The Labute approximate surface area is 136 Å². The Kier molecular flexibility index (Phi) is 5.28. The first-order chi connectivity index (χ1) is 10.9. The number of nitrogens with one attached hydrogen (secondary N) is 2. The Morgan fingerprint density at radius 3 is 2.52 bits per heavy atom. The first kappa shape index (κ1) is 16.9. The zero-order valence-corrected chi connectivity index (χ0v) is 12.9. The van der Waals surface area contributed by atoms with Crippen molar-refractivity contribution in [2.75, 3.05) is 11.9 Å². The summed E-state index contributed by atoms with van der Waals surface area (Å²) in [6.45, 7) is 1.42. The van der Waals surface area contributed by atoms with Gasteiger partial charge >= 0.3 is 0 Å². The standard InChI is InChI=1S/C16H13ClF2N2O2/c1-9-6-10(17)2-5-14(9)21-15(22)8-20-16(23)12-4-3-11(18)7-13(12)19/h2-7H,8H2,1H3,(H,20,23)(H,21,22). The Bertz CT molecular complexity index is 766. The molecular formula is C16H13ClF2N2O2. The minimum absolute atomic E-state index is 0.332. The van der Waals surface area contributed by atoms with Crippen molar-refractivity contribution in [2.45, 2.75) is 6.92 Å². The van der Waals surface area contributed by atoms with Gasteiger partial charge in [0.1, 0.15) is 11.6 Å². The quantitative estimate of drug-likeness (QED) is 0.898. The van der Waals surface area contributed by atoms with Crippen LogP contribution in [0.25, 0.3) is 0 Å². The summed E-state index contributed by atoms with van der Waals surface area (Å²) in [6.07, 6.45) is 0. The molecule has 120 valence electrons. The fourth-order valence-electron chi connectivity index (χ4n) is 1.89. The van der Waals surface area contributed by atoms with Crippen molar-refractivity contribution in [3.8, 4) is 0 Å². The highest BCUT2D eigenvalue weighted by Crippen LogP contribution is 2.19. The van der Waals surface area contributed by atoms with Gasteiger partial charge in [-0.15, -0.1) is 0 Å². The van der Waals surface area contributed by atoms with E-state index in [1.54, 1.807) is 25.1 Å². The van der Waals surface area contributed by atoms with Crippen LogP contribution in [0.1, 0.15) is 15.9 Å². The monoisotopic (exact) mass is 338 g/mol. The lowest BCUT2D eigenvalue weighted by Crippen LogP contribution is -2.33. The lowest BCUT2D eigenvalue weighted by molar-refractivity contribution is -0.115. The fraction of sp³-hybridized carbons (Fsp3) is 0.125. The minimum Gasteiger partial charge on any atom is -0.343 e. The predicted molar refractivity (Wildman–Crippen MR) is 83.5 cm³/mol. The Morgan fingerprint density at radius 2 is 1.87 bits per heavy atom. The normalized spacial score (nSPS) is 10.3. The third kappa shape index (κ3) is 4.50. The third-order valence-corrected chi connectivity index (χ3v) is 3.28. The first-order valence-corrected chi connectivity index (χ1v) is 7.04. The molecule has 0 aliphatic rings. The summed E-state index contributed by atoms with van der Waals surface area (Å²) in [4.78, 5) is 23.6. The van der Waals surface area contributed by atoms with Gasteiger partial charge in [0, 0.05) is 16.8 Å². The van der Waals surface area contributed by atoms with Crippen molar-refractivity contribution in [1.82, 2.24) is 5.32 Å². The highest BCUT2D eigenvalue weighted by molar-refractivity contribution is 6.30. The highest BCUT2D eigenvalue weighted by atomic mass is 35.5. The zero-order valence-electron chi connectivity index (χ0n) is 12.1. The molecule has 0 unspecified atom stereocenters. The summed E-state index contributed by atoms with van der Waals surface area (Å²) in [5.74, 6) is -3.05. The minimum atomic E-state index is -0.989. The van der Waals surface area contributed by atoms with E-state index in [9.17, 15) is 18.4 Å².